The molecular formula is C12H19N3O2. The number of rotatable bonds is 6. The lowest BCUT2D eigenvalue weighted by molar-refractivity contribution is 0.172. The number of guanidine groups is 1. The van der Waals surface area contributed by atoms with E-state index in [-0.39, 0.29) is 0 Å². The largest absolute Gasteiger partial charge is 0.493 e. The number of ether oxygens (including phenoxy) is 2. The van der Waals surface area contributed by atoms with Gasteiger partial charge in [0.2, 0.25) is 0 Å². The maximum Gasteiger partial charge on any atom is 0.192 e. The van der Waals surface area contributed by atoms with Crippen molar-refractivity contribution in [2.75, 3.05) is 32.7 Å². The highest BCUT2D eigenvalue weighted by molar-refractivity contribution is 5.92. The van der Waals surface area contributed by atoms with E-state index < -0.39 is 0 Å². The summed E-state index contributed by atoms with van der Waals surface area (Å²) in [4.78, 5) is 3.83. The molecule has 0 aliphatic carbocycles. The summed E-state index contributed by atoms with van der Waals surface area (Å²) in [6.45, 7) is 1.34. The first-order chi connectivity index (χ1) is 8.26. The summed E-state index contributed by atoms with van der Waals surface area (Å²) >= 11 is 0. The summed E-state index contributed by atoms with van der Waals surface area (Å²) in [6.07, 6.45) is 0.868. The SMILES string of the molecule is CN=C(N)Nc1cccc(OCCCOC)c1. The zero-order chi connectivity index (χ0) is 12.5. The molecule has 0 aliphatic heterocycles. The predicted octanol–water partition coefficient (Wildman–Crippen LogP) is 1.46. The Morgan fingerprint density at radius 1 is 1.41 bits per heavy atom. The highest BCUT2D eigenvalue weighted by Gasteiger charge is 1.98. The molecule has 0 spiro atoms. The van der Waals surface area contributed by atoms with Crippen LogP contribution in [0.3, 0.4) is 0 Å². The van der Waals surface area contributed by atoms with Gasteiger partial charge in [-0.25, -0.2) is 0 Å². The number of methoxy groups -OCH3 is 1. The maximum atomic E-state index is 5.58. The van der Waals surface area contributed by atoms with Gasteiger partial charge in [-0.05, 0) is 12.1 Å². The average Bonchev–Trinajstić information content (AvgIpc) is 2.35. The van der Waals surface area contributed by atoms with Crippen molar-refractivity contribution in [2.24, 2.45) is 10.7 Å². The summed E-state index contributed by atoms with van der Waals surface area (Å²) in [5.74, 6) is 1.18. The molecule has 0 aromatic heterocycles. The van der Waals surface area contributed by atoms with Crippen LogP contribution in [0.25, 0.3) is 0 Å². The van der Waals surface area contributed by atoms with Gasteiger partial charge in [0, 0.05) is 38.9 Å². The Morgan fingerprint density at radius 3 is 2.94 bits per heavy atom. The summed E-state index contributed by atoms with van der Waals surface area (Å²) < 4.78 is 10.5. The normalized spacial score (nSPS) is 11.3. The van der Waals surface area contributed by atoms with Crippen molar-refractivity contribution in [3.63, 3.8) is 0 Å². The Hall–Kier alpha value is -1.75. The molecule has 1 aromatic rings. The maximum absolute atomic E-state index is 5.58. The molecule has 0 aliphatic rings. The Balaban J connectivity index is 2.48. The first kappa shape index (κ1) is 13.3. The Morgan fingerprint density at radius 2 is 2.24 bits per heavy atom. The molecule has 0 atom stereocenters. The molecule has 5 nitrogen and oxygen atoms in total. The van der Waals surface area contributed by atoms with Crippen LogP contribution in [0, 0.1) is 0 Å². The van der Waals surface area contributed by atoms with Gasteiger partial charge < -0.3 is 20.5 Å². The summed E-state index contributed by atoms with van der Waals surface area (Å²) in [5.41, 5.74) is 6.43. The number of anilines is 1. The number of aliphatic imine (C=N–C) groups is 1. The monoisotopic (exact) mass is 237 g/mol. The lowest BCUT2D eigenvalue weighted by Gasteiger charge is -2.09. The third-order valence-electron chi connectivity index (χ3n) is 2.11. The Labute approximate surface area is 102 Å². The van der Waals surface area contributed by atoms with Crippen molar-refractivity contribution in [1.29, 1.82) is 0 Å². The molecule has 0 radical (unpaired) electrons. The molecule has 5 heteroatoms. The van der Waals surface area contributed by atoms with Crippen LogP contribution in [-0.2, 0) is 4.74 Å². The van der Waals surface area contributed by atoms with E-state index in [1.165, 1.54) is 0 Å². The van der Waals surface area contributed by atoms with Gasteiger partial charge in [-0.3, -0.25) is 4.99 Å². The molecule has 0 saturated carbocycles. The second kappa shape index (κ2) is 7.51. The van der Waals surface area contributed by atoms with Crippen LogP contribution in [0.1, 0.15) is 6.42 Å². The van der Waals surface area contributed by atoms with Crippen LogP contribution in [-0.4, -0.2) is 33.3 Å². The van der Waals surface area contributed by atoms with Crippen molar-refractivity contribution in [3.8, 4) is 5.75 Å². The highest BCUT2D eigenvalue weighted by atomic mass is 16.5. The Kier molecular flexibility index (Phi) is 5.88. The minimum absolute atomic E-state index is 0.376. The lowest BCUT2D eigenvalue weighted by atomic mass is 10.3. The fourth-order valence-corrected chi connectivity index (χ4v) is 1.26. The molecule has 0 unspecified atom stereocenters. The molecule has 1 rings (SSSR count). The molecule has 1 aromatic carbocycles. The van der Waals surface area contributed by atoms with Crippen molar-refractivity contribution >= 4 is 11.6 Å². The zero-order valence-electron chi connectivity index (χ0n) is 10.3. The molecule has 94 valence electrons. The first-order valence-electron chi connectivity index (χ1n) is 5.47. The number of hydrogen-bond acceptors (Lipinski definition) is 3. The smallest absolute Gasteiger partial charge is 0.192 e. The van der Waals surface area contributed by atoms with E-state index in [2.05, 4.69) is 10.3 Å². The number of nitrogens with zero attached hydrogens (tertiary/aromatic N) is 1. The van der Waals surface area contributed by atoms with Crippen LogP contribution >= 0.6 is 0 Å². The number of benzene rings is 1. The molecule has 3 N–H and O–H groups in total. The van der Waals surface area contributed by atoms with Gasteiger partial charge in [0.15, 0.2) is 5.96 Å². The number of hydrogen-bond donors (Lipinski definition) is 2. The van der Waals surface area contributed by atoms with E-state index in [4.69, 9.17) is 15.2 Å². The van der Waals surface area contributed by atoms with Crippen LogP contribution in [0.15, 0.2) is 29.3 Å². The lowest BCUT2D eigenvalue weighted by Crippen LogP contribution is -2.21. The quantitative estimate of drug-likeness (QED) is 0.446. The average molecular weight is 237 g/mol. The van der Waals surface area contributed by atoms with Crippen molar-refractivity contribution in [3.05, 3.63) is 24.3 Å². The molecule has 0 saturated heterocycles. The van der Waals surface area contributed by atoms with E-state index in [1.807, 2.05) is 24.3 Å². The van der Waals surface area contributed by atoms with Gasteiger partial charge in [-0.2, -0.15) is 0 Å². The minimum atomic E-state index is 0.376. The standard InChI is InChI=1S/C12H19N3O2/c1-14-12(13)15-10-5-3-6-11(9-10)17-8-4-7-16-2/h3,5-6,9H,4,7-8H2,1-2H3,(H3,13,14,15). The fourth-order valence-electron chi connectivity index (χ4n) is 1.26. The zero-order valence-corrected chi connectivity index (χ0v) is 10.3. The summed E-state index contributed by atoms with van der Waals surface area (Å²) in [7, 11) is 3.31. The highest BCUT2D eigenvalue weighted by Crippen LogP contribution is 2.17. The van der Waals surface area contributed by atoms with Crippen LogP contribution < -0.4 is 15.8 Å². The summed E-state index contributed by atoms with van der Waals surface area (Å²) in [6, 6.07) is 7.58. The van der Waals surface area contributed by atoms with E-state index in [1.54, 1.807) is 14.2 Å². The molecule has 0 fully saturated rings. The fraction of sp³-hybridized carbons (Fsp3) is 0.417. The van der Waals surface area contributed by atoms with Gasteiger partial charge in [0.1, 0.15) is 5.75 Å². The minimum Gasteiger partial charge on any atom is -0.493 e. The van der Waals surface area contributed by atoms with Gasteiger partial charge in [0.05, 0.1) is 6.61 Å². The van der Waals surface area contributed by atoms with Crippen LogP contribution in [0.4, 0.5) is 5.69 Å². The second-order valence-corrected chi connectivity index (χ2v) is 3.46. The summed E-state index contributed by atoms with van der Waals surface area (Å²) in [5, 5.41) is 2.96. The van der Waals surface area contributed by atoms with Gasteiger partial charge in [0.25, 0.3) is 0 Å². The molecular weight excluding hydrogens is 218 g/mol. The first-order valence-corrected chi connectivity index (χ1v) is 5.47. The van der Waals surface area contributed by atoms with E-state index in [0.717, 1.165) is 17.9 Å². The van der Waals surface area contributed by atoms with E-state index in [9.17, 15) is 0 Å². The molecule has 0 heterocycles. The van der Waals surface area contributed by atoms with Gasteiger partial charge in [-0.15, -0.1) is 0 Å². The molecule has 17 heavy (non-hydrogen) atoms. The molecule has 0 amide bonds. The van der Waals surface area contributed by atoms with Crippen molar-refractivity contribution in [2.45, 2.75) is 6.42 Å². The van der Waals surface area contributed by atoms with Crippen molar-refractivity contribution in [1.82, 2.24) is 0 Å². The van der Waals surface area contributed by atoms with Gasteiger partial charge in [-0.1, -0.05) is 6.07 Å². The van der Waals surface area contributed by atoms with Crippen LogP contribution in [0.5, 0.6) is 5.75 Å². The third-order valence-corrected chi connectivity index (χ3v) is 2.11. The second-order valence-electron chi connectivity index (χ2n) is 3.46. The Bertz CT molecular complexity index is 367. The molecule has 0 bridgehead atoms. The van der Waals surface area contributed by atoms with Crippen molar-refractivity contribution < 1.29 is 9.47 Å². The number of nitrogens with one attached hydrogen (secondary N) is 1. The predicted molar refractivity (Wildman–Crippen MR) is 69.6 cm³/mol. The third kappa shape index (κ3) is 5.21. The van der Waals surface area contributed by atoms with Crippen LogP contribution in [0.2, 0.25) is 0 Å². The number of nitrogens with two attached hydrogens (primary N) is 1. The van der Waals surface area contributed by atoms with E-state index in [0.29, 0.717) is 19.2 Å². The topological polar surface area (TPSA) is 68.9 Å². The van der Waals surface area contributed by atoms with Gasteiger partial charge >= 0.3 is 0 Å². The van der Waals surface area contributed by atoms with E-state index >= 15 is 0 Å².